The molecule has 3 rings (SSSR count). The first kappa shape index (κ1) is 12.3. The molecule has 19 heavy (non-hydrogen) atoms. The summed E-state index contributed by atoms with van der Waals surface area (Å²) in [7, 11) is 0. The second-order valence-corrected chi connectivity index (χ2v) is 5.25. The van der Waals surface area contributed by atoms with E-state index in [1.807, 2.05) is 19.1 Å². The van der Waals surface area contributed by atoms with Gasteiger partial charge in [-0.2, -0.15) is 0 Å². The number of rotatable bonds is 2. The molecule has 0 aromatic carbocycles. The summed E-state index contributed by atoms with van der Waals surface area (Å²) >= 11 is 0. The van der Waals surface area contributed by atoms with Crippen LogP contribution in [0.3, 0.4) is 0 Å². The number of pyridine rings is 1. The van der Waals surface area contributed by atoms with Crippen molar-refractivity contribution in [3.8, 4) is 0 Å². The minimum atomic E-state index is -0.0211. The molecule has 0 aliphatic carbocycles. The van der Waals surface area contributed by atoms with Crippen molar-refractivity contribution in [3.05, 3.63) is 46.0 Å². The number of nitrogens with two attached hydrogens (primary N) is 1. The minimum absolute atomic E-state index is 0.0211. The molecular weight excluding hydrogens is 240 g/mol. The fraction of sp³-hybridized carbons (Fsp3) is 0.429. The molecule has 5 heteroatoms. The van der Waals surface area contributed by atoms with Gasteiger partial charge in [0.05, 0.1) is 5.69 Å². The van der Waals surface area contributed by atoms with Gasteiger partial charge in [0.1, 0.15) is 5.65 Å². The highest BCUT2D eigenvalue weighted by atomic mass is 16.1. The van der Waals surface area contributed by atoms with Crippen LogP contribution in [0.15, 0.2) is 29.2 Å². The predicted molar refractivity (Wildman–Crippen MR) is 74.1 cm³/mol. The van der Waals surface area contributed by atoms with Gasteiger partial charge in [-0.1, -0.05) is 6.07 Å². The van der Waals surface area contributed by atoms with Gasteiger partial charge in [-0.15, -0.1) is 0 Å². The molecule has 1 atom stereocenters. The first-order valence-electron chi connectivity index (χ1n) is 6.59. The third-order valence-electron chi connectivity index (χ3n) is 3.63. The monoisotopic (exact) mass is 258 g/mol. The number of nitrogens with zero attached hydrogens (tertiary/aromatic N) is 3. The lowest BCUT2D eigenvalue weighted by molar-refractivity contribution is 0.323. The van der Waals surface area contributed by atoms with Crippen LogP contribution in [-0.4, -0.2) is 33.4 Å². The third kappa shape index (κ3) is 2.39. The zero-order chi connectivity index (χ0) is 13.4. The van der Waals surface area contributed by atoms with Gasteiger partial charge in [0.2, 0.25) is 0 Å². The molecule has 3 heterocycles. The number of likely N-dealkylation sites (tertiary alicyclic amines) is 1. The Hall–Kier alpha value is -1.72. The maximum absolute atomic E-state index is 12.1. The van der Waals surface area contributed by atoms with Gasteiger partial charge in [0.25, 0.3) is 5.56 Å². The lowest BCUT2D eigenvalue weighted by Gasteiger charge is -2.15. The molecule has 100 valence electrons. The molecule has 1 saturated heterocycles. The number of fused-ring (bicyclic) bond motifs is 1. The largest absolute Gasteiger partial charge is 0.326 e. The highest BCUT2D eigenvalue weighted by Crippen LogP contribution is 2.11. The van der Waals surface area contributed by atoms with E-state index >= 15 is 0 Å². The summed E-state index contributed by atoms with van der Waals surface area (Å²) in [6.45, 7) is 4.54. The van der Waals surface area contributed by atoms with Crippen molar-refractivity contribution in [2.45, 2.75) is 25.9 Å². The zero-order valence-corrected chi connectivity index (χ0v) is 11.0. The van der Waals surface area contributed by atoms with Crippen LogP contribution < -0.4 is 11.3 Å². The number of hydrogen-bond donors (Lipinski definition) is 1. The van der Waals surface area contributed by atoms with Crippen molar-refractivity contribution >= 4 is 5.65 Å². The molecule has 2 aromatic rings. The third-order valence-corrected chi connectivity index (χ3v) is 3.63. The van der Waals surface area contributed by atoms with Crippen LogP contribution in [0.5, 0.6) is 0 Å². The van der Waals surface area contributed by atoms with Crippen LogP contribution in [0.2, 0.25) is 0 Å². The number of hydrogen-bond acceptors (Lipinski definition) is 4. The first-order valence-corrected chi connectivity index (χ1v) is 6.59. The van der Waals surface area contributed by atoms with E-state index < -0.39 is 0 Å². The molecule has 2 aromatic heterocycles. The SMILES string of the molecule is Cc1cccn2c(=O)cc(CN3CCC(N)C3)nc12. The van der Waals surface area contributed by atoms with Gasteiger partial charge in [0, 0.05) is 37.9 Å². The van der Waals surface area contributed by atoms with Crippen LogP contribution in [-0.2, 0) is 6.54 Å². The molecule has 0 bridgehead atoms. The van der Waals surface area contributed by atoms with E-state index in [2.05, 4.69) is 9.88 Å². The first-order chi connectivity index (χ1) is 9.13. The predicted octanol–water partition coefficient (Wildman–Crippen LogP) is 0.536. The molecule has 1 aliphatic heterocycles. The van der Waals surface area contributed by atoms with Crippen LogP contribution in [0.1, 0.15) is 17.7 Å². The number of aryl methyl sites for hydroxylation is 1. The Morgan fingerprint density at radius 3 is 3.11 bits per heavy atom. The quantitative estimate of drug-likeness (QED) is 0.853. The van der Waals surface area contributed by atoms with Gasteiger partial charge in [0.15, 0.2) is 0 Å². The molecular formula is C14H18N4O. The van der Waals surface area contributed by atoms with E-state index in [0.29, 0.717) is 6.54 Å². The Morgan fingerprint density at radius 1 is 1.53 bits per heavy atom. The van der Waals surface area contributed by atoms with Crippen LogP contribution in [0.25, 0.3) is 5.65 Å². The van der Waals surface area contributed by atoms with E-state index in [9.17, 15) is 4.79 Å². The maximum Gasteiger partial charge on any atom is 0.258 e. The Bertz CT molecular complexity index is 664. The molecule has 0 radical (unpaired) electrons. The highest BCUT2D eigenvalue weighted by molar-refractivity contribution is 5.46. The lowest BCUT2D eigenvalue weighted by Crippen LogP contribution is -2.27. The van der Waals surface area contributed by atoms with Gasteiger partial charge in [-0.3, -0.25) is 14.1 Å². The normalized spacial score (nSPS) is 20.2. The topological polar surface area (TPSA) is 63.6 Å². The van der Waals surface area contributed by atoms with Crippen molar-refractivity contribution in [1.82, 2.24) is 14.3 Å². The Balaban J connectivity index is 1.97. The van der Waals surface area contributed by atoms with E-state index in [1.165, 1.54) is 0 Å². The summed E-state index contributed by atoms with van der Waals surface area (Å²) in [5.41, 5.74) is 8.46. The Morgan fingerprint density at radius 2 is 2.37 bits per heavy atom. The molecule has 1 fully saturated rings. The van der Waals surface area contributed by atoms with Crippen molar-refractivity contribution in [1.29, 1.82) is 0 Å². The molecule has 5 nitrogen and oxygen atoms in total. The van der Waals surface area contributed by atoms with Crippen molar-refractivity contribution in [2.24, 2.45) is 5.73 Å². The molecule has 1 unspecified atom stereocenters. The zero-order valence-electron chi connectivity index (χ0n) is 11.0. The summed E-state index contributed by atoms with van der Waals surface area (Å²) in [6.07, 6.45) is 2.78. The van der Waals surface area contributed by atoms with Gasteiger partial charge in [-0.05, 0) is 25.0 Å². The summed E-state index contributed by atoms with van der Waals surface area (Å²) in [5, 5.41) is 0. The van der Waals surface area contributed by atoms with Gasteiger partial charge in [-0.25, -0.2) is 4.98 Å². The summed E-state index contributed by atoms with van der Waals surface area (Å²) < 4.78 is 1.59. The van der Waals surface area contributed by atoms with Crippen LogP contribution >= 0.6 is 0 Å². The van der Waals surface area contributed by atoms with E-state index in [1.54, 1.807) is 16.7 Å². The molecule has 2 N–H and O–H groups in total. The second-order valence-electron chi connectivity index (χ2n) is 5.25. The average molecular weight is 258 g/mol. The summed E-state index contributed by atoms with van der Waals surface area (Å²) in [4.78, 5) is 18.9. The minimum Gasteiger partial charge on any atom is -0.326 e. The molecule has 0 spiro atoms. The van der Waals surface area contributed by atoms with E-state index in [-0.39, 0.29) is 11.6 Å². The van der Waals surface area contributed by atoms with Crippen molar-refractivity contribution in [2.75, 3.05) is 13.1 Å². The average Bonchev–Trinajstić information content (AvgIpc) is 2.76. The second kappa shape index (κ2) is 4.75. The van der Waals surface area contributed by atoms with E-state index in [4.69, 9.17) is 5.73 Å². The van der Waals surface area contributed by atoms with Crippen LogP contribution in [0, 0.1) is 6.92 Å². The van der Waals surface area contributed by atoms with Gasteiger partial charge >= 0.3 is 0 Å². The van der Waals surface area contributed by atoms with Crippen molar-refractivity contribution in [3.63, 3.8) is 0 Å². The summed E-state index contributed by atoms with van der Waals surface area (Å²) in [5.74, 6) is 0. The Kier molecular flexibility index (Phi) is 3.08. The van der Waals surface area contributed by atoms with Crippen molar-refractivity contribution < 1.29 is 0 Å². The fourth-order valence-corrected chi connectivity index (χ4v) is 2.63. The summed E-state index contributed by atoms with van der Waals surface area (Å²) in [6, 6.07) is 5.71. The smallest absolute Gasteiger partial charge is 0.258 e. The standard InChI is InChI=1S/C14H18N4O/c1-10-3-2-5-18-13(19)7-12(16-14(10)18)9-17-6-4-11(15)8-17/h2-3,5,7,11H,4,6,8-9,15H2,1H3. The Labute approximate surface area is 111 Å². The molecule has 1 aliphatic rings. The van der Waals surface area contributed by atoms with Crippen LogP contribution in [0.4, 0.5) is 0 Å². The van der Waals surface area contributed by atoms with Gasteiger partial charge < -0.3 is 5.73 Å². The molecule has 0 amide bonds. The lowest BCUT2D eigenvalue weighted by atomic mass is 10.3. The highest BCUT2D eigenvalue weighted by Gasteiger charge is 2.19. The number of aromatic nitrogens is 2. The van der Waals surface area contributed by atoms with E-state index in [0.717, 1.165) is 36.4 Å². The fourth-order valence-electron chi connectivity index (χ4n) is 2.63. The molecule has 0 saturated carbocycles. The maximum atomic E-state index is 12.1.